The Morgan fingerprint density at radius 3 is 2.38 bits per heavy atom. The van der Waals surface area contributed by atoms with Crippen molar-refractivity contribution in [2.24, 2.45) is 0 Å². The first-order valence-electron chi connectivity index (χ1n) is 8.39. The molecule has 6 heteroatoms. The van der Waals surface area contributed by atoms with Gasteiger partial charge < -0.3 is 14.7 Å². The number of aliphatic carboxylic acids is 1. The van der Waals surface area contributed by atoms with Crippen molar-refractivity contribution in [1.29, 1.82) is 0 Å². The van der Waals surface area contributed by atoms with E-state index >= 15 is 0 Å². The van der Waals surface area contributed by atoms with Crippen LogP contribution in [-0.2, 0) is 9.53 Å². The molecular formula is C20H20FNO4. The Morgan fingerprint density at radius 1 is 1.12 bits per heavy atom. The molecule has 1 aliphatic heterocycles. The van der Waals surface area contributed by atoms with E-state index in [9.17, 15) is 14.0 Å². The highest BCUT2D eigenvalue weighted by molar-refractivity contribution is 5.95. The fourth-order valence-electron chi connectivity index (χ4n) is 3.04. The van der Waals surface area contributed by atoms with Crippen LogP contribution >= 0.6 is 0 Å². The smallest absolute Gasteiger partial charge is 0.334 e. The van der Waals surface area contributed by atoms with Gasteiger partial charge in [0.15, 0.2) is 6.10 Å². The molecule has 1 fully saturated rings. The number of morpholine rings is 1. The molecule has 0 radical (unpaired) electrons. The van der Waals surface area contributed by atoms with Gasteiger partial charge in [-0.1, -0.05) is 35.9 Å². The zero-order valence-electron chi connectivity index (χ0n) is 14.6. The lowest BCUT2D eigenvalue weighted by Gasteiger charge is -2.35. The molecule has 1 saturated heterocycles. The molecule has 1 heterocycles. The number of hydrogen-bond donors (Lipinski definition) is 1. The van der Waals surface area contributed by atoms with Gasteiger partial charge in [-0.15, -0.1) is 0 Å². The van der Waals surface area contributed by atoms with Crippen molar-refractivity contribution in [1.82, 2.24) is 4.90 Å². The van der Waals surface area contributed by atoms with Crippen molar-refractivity contribution < 1.29 is 23.8 Å². The van der Waals surface area contributed by atoms with Crippen LogP contribution in [0.1, 0.15) is 22.8 Å². The summed E-state index contributed by atoms with van der Waals surface area (Å²) < 4.78 is 19.9. The number of benzene rings is 2. The van der Waals surface area contributed by atoms with E-state index in [2.05, 4.69) is 0 Å². The van der Waals surface area contributed by atoms with Gasteiger partial charge in [0.25, 0.3) is 5.91 Å². The van der Waals surface area contributed by atoms with Crippen molar-refractivity contribution in [3.05, 3.63) is 59.4 Å². The summed E-state index contributed by atoms with van der Waals surface area (Å²) in [5, 5.41) is 9.13. The fourth-order valence-corrected chi connectivity index (χ4v) is 3.04. The molecule has 2 atom stereocenters. The second-order valence-corrected chi connectivity index (χ2v) is 6.54. The minimum Gasteiger partial charge on any atom is -0.479 e. The van der Waals surface area contributed by atoms with E-state index in [4.69, 9.17) is 9.84 Å². The summed E-state index contributed by atoms with van der Waals surface area (Å²) in [6.45, 7) is 3.78. The summed E-state index contributed by atoms with van der Waals surface area (Å²) in [6, 6.07) is 12.1. The minimum atomic E-state index is -1.13. The molecule has 1 unspecified atom stereocenters. The summed E-state index contributed by atoms with van der Waals surface area (Å²) in [4.78, 5) is 25.2. The Bertz CT molecular complexity index is 834. The van der Waals surface area contributed by atoms with E-state index in [-0.39, 0.29) is 18.7 Å². The normalized spacial score (nSPS) is 20.0. The number of carboxylic acid groups (broad SMARTS) is 1. The van der Waals surface area contributed by atoms with Crippen LogP contribution in [0.25, 0.3) is 11.1 Å². The van der Waals surface area contributed by atoms with Gasteiger partial charge in [-0.05, 0) is 37.1 Å². The Morgan fingerprint density at radius 2 is 1.77 bits per heavy atom. The summed E-state index contributed by atoms with van der Waals surface area (Å²) in [6.07, 6.45) is -1.53. The van der Waals surface area contributed by atoms with Crippen LogP contribution in [-0.4, -0.2) is 47.2 Å². The largest absolute Gasteiger partial charge is 0.479 e. The molecular weight excluding hydrogens is 337 g/mol. The molecule has 1 N–H and O–H groups in total. The van der Waals surface area contributed by atoms with Gasteiger partial charge in [-0.2, -0.15) is 0 Å². The monoisotopic (exact) mass is 357 g/mol. The fraction of sp³-hybridized carbons (Fsp3) is 0.300. The molecule has 0 aliphatic carbocycles. The van der Waals surface area contributed by atoms with Crippen LogP contribution < -0.4 is 0 Å². The van der Waals surface area contributed by atoms with Crippen molar-refractivity contribution in [3.63, 3.8) is 0 Å². The molecule has 26 heavy (non-hydrogen) atoms. The maximum Gasteiger partial charge on any atom is 0.334 e. The van der Waals surface area contributed by atoms with Crippen LogP contribution in [0.15, 0.2) is 42.5 Å². The first-order valence-corrected chi connectivity index (χ1v) is 8.39. The van der Waals surface area contributed by atoms with Crippen LogP contribution in [0, 0.1) is 12.7 Å². The predicted octanol–water partition coefficient (Wildman–Crippen LogP) is 3.12. The molecule has 2 aromatic carbocycles. The number of aryl methyl sites for hydroxylation is 1. The van der Waals surface area contributed by atoms with E-state index in [0.29, 0.717) is 5.56 Å². The molecule has 2 aromatic rings. The summed E-state index contributed by atoms with van der Waals surface area (Å²) in [5.74, 6) is -2.29. The van der Waals surface area contributed by atoms with Crippen molar-refractivity contribution in [2.75, 3.05) is 13.1 Å². The predicted molar refractivity (Wildman–Crippen MR) is 94.4 cm³/mol. The number of carbonyl (C=O) groups is 2. The highest BCUT2D eigenvalue weighted by Gasteiger charge is 2.33. The van der Waals surface area contributed by atoms with Crippen LogP contribution in [0.5, 0.6) is 0 Å². The summed E-state index contributed by atoms with van der Waals surface area (Å²) >= 11 is 0. The molecule has 3 rings (SSSR count). The highest BCUT2D eigenvalue weighted by Crippen LogP contribution is 2.24. The number of hydrogen-bond acceptors (Lipinski definition) is 3. The zero-order chi connectivity index (χ0) is 18.8. The van der Waals surface area contributed by atoms with E-state index in [0.717, 1.165) is 11.1 Å². The third-order valence-corrected chi connectivity index (χ3v) is 4.41. The number of halogens is 1. The molecule has 1 aliphatic rings. The first kappa shape index (κ1) is 18.1. The van der Waals surface area contributed by atoms with E-state index in [1.807, 2.05) is 31.2 Å². The average Bonchev–Trinajstić information content (AvgIpc) is 2.61. The molecule has 136 valence electrons. The summed E-state index contributed by atoms with van der Waals surface area (Å²) in [7, 11) is 0. The SMILES string of the molecule is Cc1ccc(-c2ccc(C(=O)N3CC(C(=O)O)O[C@H](C)C3)c(F)c2)cc1. The van der Waals surface area contributed by atoms with Gasteiger partial charge in [0.2, 0.25) is 0 Å². The Balaban J connectivity index is 1.83. The highest BCUT2D eigenvalue weighted by atomic mass is 19.1. The lowest BCUT2D eigenvalue weighted by atomic mass is 10.0. The minimum absolute atomic E-state index is 0.0703. The van der Waals surface area contributed by atoms with Gasteiger partial charge >= 0.3 is 5.97 Å². The van der Waals surface area contributed by atoms with Crippen LogP contribution in [0.3, 0.4) is 0 Å². The average molecular weight is 357 g/mol. The van der Waals surface area contributed by atoms with E-state index in [1.54, 1.807) is 13.0 Å². The molecule has 0 spiro atoms. The maximum absolute atomic E-state index is 14.6. The number of amides is 1. The second kappa shape index (κ2) is 7.25. The topological polar surface area (TPSA) is 66.8 Å². The Hall–Kier alpha value is -2.73. The third-order valence-electron chi connectivity index (χ3n) is 4.41. The standard InChI is InChI=1S/C20H20FNO4/c1-12-3-5-14(6-4-12)15-7-8-16(17(21)9-15)19(23)22-10-13(2)26-18(11-22)20(24)25/h3-9,13,18H,10-11H2,1-2H3,(H,24,25)/t13-,18?/m1/s1. The van der Waals surface area contributed by atoms with Gasteiger partial charge in [0, 0.05) is 6.54 Å². The number of rotatable bonds is 3. The lowest BCUT2D eigenvalue weighted by molar-refractivity contribution is -0.160. The molecule has 0 bridgehead atoms. The quantitative estimate of drug-likeness (QED) is 0.917. The van der Waals surface area contributed by atoms with Crippen LogP contribution in [0.4, 0.5) is 4.39 Å². The second-order valence-electron chi connectivity index (χ2n) is 6.54. The number of nitrogens with zero attached hydrogens (tertiary/aromatic N) is 1. The number of carboxylic acids is 1. The lowest BCUT2D eigenvalue weighted by Crippen LogP contribution is -2.51. The molecule has 0 saturated carbocycles. The van der Waals surface area contributed by atoms with E-state index in [1.165, 1.54) is 17.0 Å². The van der Waals surface area contributed by atoms with E-state index < -0.39 is 29.9 Å². The van der Waals surface area contributed by atoms with Crippen molar-refractivity contribution >= 4 is 11.9 Å². The number of ether oxygens (including phenoxy) is 1. The van der Waals surface area contributed by atoms with Crippen molar-refractivity contribution in [2.45, 2.75) is 26.1 Å². The maximum atomic E-state index is 14.6. The van der Waals surface area contributed by atoms with Gasteiger partial charge in [-0.3, -0.25) is 4.79 Å². The van der Waals surface area contributed by atoms with Gasteiger partial charge in [0.1, 0.15) is 5.82 Å². The number of carbonyl (C=O) groups excluding carboxylic acids is 1. The molecule has 1 amide bonds. The van der Waals surface area contributed by atoms with Gasteiger partial charge in [-0.25, -0.2) is 9.18 Å². The Kier molecular flexibility index (Phi) is 5.04. The molecule has 0 aromatic heterocycles. The van der Waals surface area contributed by atoms with Gasteiger partial charge in [0.05, 0.1) is 18.2 Å². The van der Waals surface area contributed by atoms with Crippen molar-refractivity contribution in [3.8, 4) is 11.1 Å². The molecule has 5 nitrogen and oxygen atoms in total. The van der Waals surface area contributed by atoms with Crippen LogP contribution in [0.2, 0.25) is 0 Å². The first-order chi connectivity index (χ1) is 12.3. The Labute approximate surface area is 151 Å². The summed E-state index contributed by atoms with van der Waals surface area (Å²) in [5.41, 5.74) is 2.58. The zero-order valence-corrected chi connectivity index (χ0v) is 14.6. The third kappa shape index (κ3) is 3.75.